The van der Waals surface area contributed by atoms with Crippen molar-refractivity contribution in [2.75, 3.05) is 18.5 Å². The van der Waals surface area contributed by atoms with Crippen LogP contribution in [0.3, 0.4) is 0 Å². The van der Waals surface area contributed by atoms with E-state index < -0.39 is 0 Å². The molecule has 2 aromatic carbocycles. The Morgan fingerprint density at radius 3 is 2.68 bits per heavy atom. The minimum absolute atomic E-state index is 0.109. The fourth-order valence-electron chi connectivity index (χ4n) is 2.36. The zero-order valence-electron chi connectivity index (χ0n) is 14.2. The SMILES string of the molecule is CCCOc1ccccc1OCC(=O)Nc1ccc2oc(C)nc2c1. The highest BCUT2D eigenvalue weighted by Gasteiger charge is 2.09. The number of ether oxygens (including phenoxy) is 2. The second kappa shape index (κ2) is 7.70. The van der Waals surface area contributed by atoms with Crippen molar-refractivity contribution in [2.24, 2.45) is 0 Å². The number of benzene rings is 2. The van der Waals surface area contributed by atoms with Crippen molar-refractivity contribution in [1.82, 2.24) is 4.98 Å². The Bertz CT molecular complexity index is 873. The van der Waals surface area contributed by atoms with Crippen molar-refractivity contribution < 1.29 is 18.7 Å². The molecule has 1 amide bonds. The fraction of sp³-hybridized carbons (Fsp3) is 0.263. The van der Waals surface area contributed by atoms with E-state index in [-0.39, 0.29) is 12.5 Å². The number of nitrogens with one attached hydrogen (secondary N) is 1. The van der Waals surface area contributed by atoms with Crippen LogP contribution >= 0.6 is 0 Å². The number of aromatic nitrogens is 1. The van der Waals surface area contributed by atoms with Crippen molar-refractivity contribution in [3.8, 4) is 11.5 Å². The largest absolute Gasteiger partial charge is 0.490 e. The minimum Gasteiger partial charge on any atom is -0.490 e. The lowest BCUT2D eigenvalue weighted by Gasteiger charge is -2.12. The Kier molecular flexibility index (Phi) is 5.18. The molecule has 0 spiro atoms. The van der Waals surface area contributed by atoms with E-state index in [1.165, 1.54) is 0 Å². The van der Waals surface area contributed by atoms with Crippen molar-refractivity contribution in [1.29, 1.82) is 0 Å². The first-order valence-corrected chi connectivity index (χ1v) is 8.17. The number of amides is 1. The minimum atomic E-state index is -0.259. The monoisotopic (exact) mass is 340 g/mol. The molecule has 0 saturated heterocycles. The maximum absolute atomic E-state index is 12.1. The van der Waals surface area contributed by atoms with Gasteiger partial charge in [-0.3, -0.25) is 4.79 Å². The number of hydrogen-bond acceptors (Lipinski definition) is 5. The molecule has 0 saturated carbocycles. The topological polar surface area (TPSA) is 73.6 Å². The van der Waals surface area contributed by atoms with Gasteiger partial charge >= 0.3 is 0 Å². The second-order valence-electron chi connectivity index (χ2n) is 5.55. The number of carbonyl (C=O) groups is 1. The number of hydrogen-bond donors (Lipinski definition) is 1. The van der Waals surface area contributed by atoms with Crippen LogP contribution in [0.15, 0.2) is 46.9 Å². The van der Waals surface area contributed by atoms with Crippen LogP contribution in [0.5, 0.6) is 11.5 Å². The van der Waals surface area contributed by atoms with Crippen molar-refractivity contribution >= 4 is 22.7 Å². The van der Waals surface area contributed by atoms with Crippen LogP contribution < -0.4 is 14.8 Å². The molecule has 3 rings (SSSR count). The summed E-state index contributed by atoms with van der Waals surface area (Å²) in [5.41, 5.74) is 2.04. The predicted molar refractivity (Wildman–Crippen MR) is 95.1 cm³/mol. The van der Waals surface area contributed by atoms with Crippen molar-refractivity contribution in [2.45, 2.75) is 20.3 Å². The molecule has 3 aromatic rings. The number of aryl methyl sites for hydroxylation is 1. The average molecular weight is 340 g/mol. The van der Waals surface area contributed by atoms with E-state index in [1.54, 1.807) is 31.2 Å². The second-order valence-corrected chi connectivity index (χ2v) is 5.55. The van der Waals surface area contributed by atoms with Gasteiger partial charge in [-0.15, -0.1) is 0 Å². The van der Waals surface area contributed by atoms with Gasteiger partial charge in [0.1, 0.15) is 5.52 Å². The number of carbonyl (C=O) groups excluding carboxylic acids is 1. The van der Waals surface area contributed by atoms with E-state index in [4.69, 9.17) is 13.9 Å². The zero-order chi connectivity index (χ0) is 17.6. The molecule has 0 aliphatic carbocycles. The molecule has 1 N–H and O–H groups in total. The third-order valence-corrected chi connectivity index (χ3v) is 3.45. The van der Waals surface area contributed by atoms with Crippen LogP contribution in [0.2, 0.25) is 0 Å². The molecule has 1 heterocycles. The summed E-state index contributed by atoms with van der Waals surface area (Å²) in [6.07, 6.45) is 0.902. The lowest BCUT2D eigenvalue weighted by Crippen LogP contribution is -2.20. The molecule has 0 bridgehead atoms. The fourth-order valence-corrected chi connectivity index (χ4v) is 2.36. The van der Waals surface area contributed by atoms with E-state index in [9.17, 15) is 4.79 Å². The van der Waals surface area contributed by atoms with Gasteiger partial charge in [-0.2, -0.15) is 0 Å². The highest BCUT2D eigenvalue weighted by atomic mass is 16.5. The highest BCUT2D eigenvalue weighted by molar-refractivity contribution is 5.93. The first-order chi connectivity index (χ1) is 12.2. The number of para-hydroxylation sites is 2. The van der Waals surface area contributed by atoms with Crippen LogP contribution in [0.1, 0.15) is 19.2 Å². The van der Waals surface area contributed by atoms with Gasteiger partial charge in [0.15, 0.2) is 29.6 Å². The van der Waals surface area contributed by atoms with Gasteiger partial charge in [-0.1, -0.05) is 19.1 Å². The summed E-state index contributed by atoms with van der Waals surface area (Å²) in [5, 5.41) is 2.79. The molecule has 1 aromatic heterocycles. The number of anilines is 1. The summed E-state index contributed by atoms with van der Waals surface area (Å²) >= 11 is 0. The van der Waals surface area contributed by atoms with Crippen molar-refractivity contribution in [3.05, 3.63) is 48.4 Å². The van der Waals surface area contributed by atoms with Crippen molar-refractivity contribution in [3.63, 3.8) is 0 Å². The molecule has 0 aliphatic heterocycles. The maximum Gasteiger partial charge on any atom is 0.262 e. The average Bonchev–Trinajstić information content (AvgIpc) is 2.98. The molecule has 0 aliphatic rings. The third kappa shape index (κ3) is 4.29. The molecule has 0 unspecified atom stereocenters. The van der Waals surface area contributed by atoms with Crippen LogP contribution in [-0.4, -0.2) is 24.1 Å². The van der Waals surface area contributed by atoms with E-state index >= 15 is 0 Å². The molecule has 6 nitrogen and oxygen atoms in total. The number of oxazole rings is 1. The summed E-state index contributed by atoms with van der Waals surface area (Å²) in [6.45, 7) is 4.31. The molecule has 0 radical (unpaired) electrons. The lowest BCUT2D eigenvalue weighted by molar-refractivity contribution is -0.118. The lowest BCUT2D eigenvalue weighted by atomic mass is 10.3. The van der Waals surface area contributed by atoms with Gasteiger partial charge < -0.3 is 19.2 Å². The standard InChI is InChI=1S/C19H20N2O4/c1-3-10-23-17-6-4-5-7-18(17)24-12-19(22)21-14-8-9-16-15(11-14)20-13(2)25-16/h4-9,11H,3,10,12H2,1-2H3,(H,21,22). The van der Waals surface area contributed by atoms with Crippen LogP contribution in [0, 0.1) is 6.92 Å². The molecular weight excluding hydrogens is 320 g/mol. The van der Waals surface area contributed by atoms with E-state index in [0.29, 0.717) is 40.8 Å². The highest BCUT2D eigenvalue weighted by Crippen LogP contribution is 2.26. The first kappa shape index (κ1) is 16.8. The molecule has 25 heavy (non-hydrogen) atoms. The van der Waals surface area contributed by atoms with Gasteiger partial charge in [-0.05, 0) is 36.8 Å². The van der Waals surface area contributed by atoms with Gasteiger partial charge in [0.05, 0.1) is 6.61 Å². The number of fused-ring (bicyclic) bond motifs is 1. The van der Waals surface area contributed by atoms with Gasteiger partial charge in [-0.25, -0.2) is 4.98 Å². The summed E-state index contributed by atoms with van der Waals surface area (Å²) in [6, 6.07) is 12.6. The Hall–Kier alpha value is -3.02. The predicted octanol–water partition coefficient (Wildman–Crippen LogP) is 3.94. The maximum atomic E-state index is 12.1. The summed E-state index contributed by atoms with van der Waals surface area (Å²) < 4.78 is 16.6. The van der Waals surface area contributed by atoms with Gasteiger partial charge in [0.2, 0.25) is 0 Å². The molecule has 0 fully saturated rings. The number of rotatable bonds is 7. The number of nitrogens with zero attached hydrogens (tertiary/aromatic N) is 1. The molecular formula is C19H20N2O4. The molecule has 6 heteroatoms. The van der Waals surface area contributed by atoms with E-state index in [1.807, 2.05) is 25.1 Å². The first-order valence-electron chi connectivity index (χ1n) is 8.17. The molecule has 130 valence electrons. The smallest absolute Gasteiger partial charge is 0.262 e. The van der Waals surface area contributed by atoms with E-state index in [2.05, 4.69) is 10.3 Å². The van der Waals surface area contributed by atoms with Crippen LogP contribution in [-0.2, 0) is 4.79 Å². The molecule has 0 atom stereocenters. The summed E-state index contributed by atoms with van der Waals surface area (Å²) in [7, 11) is 0. The van der Waals surface area contributed by atoms with E-state index in [0.717, 1.165) is 6.42 Å². The Labute approximate surface area is 145 Å². The van der Waals surface area contributed by atoms with Crippen LogP contribution in [0.4, 0.5) is 5.69 Å². The van der Waals surface area contributed by atoms with Crippen LogP contribution in [0.25, 0.3) is 11.1 Å². The zero-order valence-corrected chi connectivity index (χ0v) is 14.2. The third-order valence-electron chi connectivity index (χ3n) is 3.45. The Morgan fingerprint density at radius 2 is 1.92 bits per heavy atom. The Balaban J connectivity index is 1.60. The normalized spacial score (nSPS) is 10.6. The summed E-state index contributed by atoms with van der Waals surface area (Å²) in [4.78, 5) is 16.4. The summed E-state index contributed by atoms with van der Waals surface area (Å²) in [5.74, 6) is 1.51. The van der Waals surface area contributed by atoms with Gasteiger partial charge in [0.25, 0.3) is 5.91 Å². The Morgan fingerprint density at radius 1 is 1.16 bits per heavy atom. The van der Waals surface area contributed by atoms with Gasteiger partial charge in [0, 0.05) is 12.6 Å². The quantitative estimate of drug-likeness (QED) is 0.705.